The molecule has 1 aromatic heterocycles. The van der Waals surface area contributed by atoms with Gasteiger partial charge in [-0.25, -0.2) is 4.98 Å². The van der Waals surface area contributed by atoms with Gasteiger partial charge in [0.05, 0.1) is 18.0 Å². The Kier molecular flexibility index (Phi) is 5.55. The third-order valence-corrected chi connectivity index (χ3v) is 6.43. The maximum atomic E-state index is 13.0. The molecule has 166 valence electrons. The van der Waals surface area contributed by atoms with Gasteiger partial charge in [0.2, 0.25) is 5.91 Å². The van der Waals surface area contributed by atoms with Crippen molar-refractivity contribution in [3.8, 4) is 5.75 Å². The van der Waals surface area contributed by atoms with E-state index in [1.807, 2.05) is 45.9 Å². The number of ether oxygens (including phenoxy) is 1. The molecule has 1 saturated heterocycles. The Bertz CT molecular complexity index is 1180. The Morgan fingerprint density at radius 1 is 1.03 bits per heavy atom. The van der Waals surface area contributed by atoms with Crippen molar-refractivity contribution in [2.24, 2.45) is 0 Å². The monoisotopic (exact) mass is 432 g/mol. The molecule has 0 atom stereocenters. The molecule has 1 aliphatic heterocycles. The Labute approximate surface area is 187 Å². The number of aromatic nitrogens is 2. The number of piperazine rings is 1. The summed E-state index contributed by atoms with van der Waals surface area (Å²) >= 11 is 0. The minimum Gasteiger partial charge on any atom is -0.497 e. The van der Waals surface area contributed by atoms with E-state index in [2.05, 4.69) is 17.0 Å². The van der Waals surface area contributed by atoms with Gasteiger partial charge in [-0.05, 0) is 49.2 Å². The molecule has 0 spiro atoms. The fourth-order valence-corrected chi connectivity index (χ4v) is 4.46. The van der Waals surface area contributed by atoms with Crippen LogP contribution in [-0.2, 0) is 11.2 Å². The van der Waals surface area contributed by atoms with E-state index in [1.165, 1.54) is 0 Å². The van der Waals surface area contributed by atoms with E-state index in [9.17, 15) is 9.59 Å². The lowest BCUT2D eigenvalue weighted by molar-refractivity contribution is -0.131. The normalized spacial score (nSPS) is 16.4. The third kappa shape index (κ3) is 4.07. The van der Waals surface area contributed by atoms with Crippen LogP contribution in [0.4, 0.5) is 5.69 Å². The molecule has 3 aromatic rings. The summed E-state index contributed by atoms with van der Waals surface area (Å²) in [5, 5.41) is 0.657. The SMILES string of the molecule is COc1ccc(N2CCN(C(=O)CCc3nc4ccccc4c(=O)n3C3CC3)CC2)cc1. The van der Waals surface area contributed by atoms with Gasteiger partial charge in [0.1, 0.15) is 11.6 Å². The summed E-state index contributed by atoms with van der Waals surface area (Å²) in [6.45, 7) is 3.01. The van der Waals surface area contributed by atoms with Crippen molar-refractivity contribution in [2.75, 3.05) is 38.2 Å². The van der Waals surface area contributed by atoms with Crippen LogP contribution in [0.3, 0.4) is 0 Å². The number of amides is 1. The molecule has 2 fully saturated rings. The topological polar surface area (TPSA) is 67.7 Å². The number of hydrogen-bond acceptors (Lipinski definition) is 5. The van der Waals surface area contributed by atoms with Gasteiger partial charge in [0.25, 0.3) is 5.56 Å². The molecule has 0 bridgehead atoms. The first-order valence-electron chi connectivity index (χ1n) is 11.3. The van der Waals surface area contributed by atoms with E-state index in [4.69, 9.17) is 9.72 Å². The van der Waals surface area contributed by atoms with E-state index in [0.29, 0.717) is 36.8 Å². The lowest BCUT2D eigenvalue weighted by Gasteiger charge is -2.36. The zero-order valence-corrected chi connectivity index (χ0v) is 18.4. The summed E-state index contributed by atoms with van der Waals surface area (Å²) in [4.78, 5) is 34.9. The van der Waals surface area contributed by atoms with Crippen LogP contribution in [-0.4, -0.2) is 53.6 Å². The molecular weight excluding hydrogens is 404 g/mol. The average Bonchev–Trinajstić information content (AvgIpc) is 3.68. The summed E-state index contributed by atoms with van der Waals surface area (Å²) in [5.74, 6) is 1.71. The van der Waals surface area contributed by atoms with Crippen LogP contribution in [0.15, 0.2) is 53.3 Å². The molecule has 5 rings (SSSR count). The summed E-state index contributed by atoms with van der Waals surface area (Å²) in [6, 6.07) is 15.7. The predicted octanol–water partition coefficient (Wildman–Crippen LogP) is 3.02. The number of methoxy groups -OCH3 is 1. The quantitative estimate of drug-likeness (QED) is 0.599. The molecule has 0 unspecified atom stereocenters. The molecule has 0 radical (unpaired) electrons. The van der Waals surface area contributed by atoms with Gasteiger partial charge in [0, 0.05) is 50.7 Å². The molecule has 2 aromatic carbocycles. The van der Waals surface area contributed by atoms with Gasteiger partial charge in [-0.3, -0.25) is 14.2 Å². The van der Waals surface area contributed by atoms with Crippen LogP contribution < -0.4 is 15.2 Å². The standard InChI is InChI=1S/C25H28N4O3/c1-32-20-10-8-18(9-11-20)27-14-16-28(17-15-27)24(30)13-12-23-26-22-5-3-2-4-21(22)25(31)29(23)19-6-7-19/h2-5,8-11,19H,6-7,12-17H2,1H3. The number of fused-ring (bicyclic) bond motifs is 1. The lowest BCUT2D eigenvalue weighted by atomic mass is 10.2. The minimum atomic E-state index is 0.0219. The van der Waals surface area contributed by atoms with Crippen LogP contribution in [0.2, 0.25) is 0 Å². The van der Waals surface area contributed by atoms with Crippen molar-refractivity contribution < 1.29 is 9.53 Å². The van der Waals surface area contributed by atoms with Crippen LogP contribution in [0.1, 0.15) is 31.1 Å². The minimum absolute atomic E-state index is 0.0219. The van der Waals surface area contributed by atoms with Gasteiger partial charge in [-0.2, -0.15) is 0 Å². The molecule has 7 nitrogen and oxygen atoms in total. The molecule has 1 amide bonds. The smallest absolute Gasteiger partial charge is 0.261 e. The predicted molar refractivity (Wildman–Crippen MR) is 124 cm³/mol. The molecule has 0 N–H and O–H groups in total. The molecule has 1 saturated carbocycles. The highest BCUT2D eigenvalue weighted by Gasteiger charge is 2.29. The van der Waals surface area contributed by atoms with Crippen LogP contribution in [0, 0.1) is 0 Å². The highest BCUT2D eigenvalue weighted by molar-refractivity contribution is 5.78. The number of anilines is 1. The largest absolute Gasteiger partial charge is 0.497 e. The number of rotatable bonds is 6. The van der Waals surface area contributed by atoms with Crippen molar-refractivity contribution in [3.05, 3.63) is 64.7 Å². The Hall–Kier alpha value is -3.35. The first-order chi connectivity index (χ1) is 15.6. The fraction of sp³-hybridized carbons (Fsp3) is 0.400. The lowest BCUT2D eigenvalue weighted by Crippen LogP contribution is -2.48. The van der Waals surface area contributed by atoms with Gasteiger partial charge < -0.3 is 14.5 Å². The van der Waals surface area contributed by atoms with Gasteiger partial charge >= 0.3 is 0 Å². The summed E-state index contributed by atoms with van der Waals surface area (Å²) < 4.78 is 7.06. The van der Waals surface area contributed by atoms with E-state index in [0.717, 1.165) is 43.2 Å². The van der Waals surface area contributed by atoms with E-state index >= 15 is 0 Å². The maximum absolute atomic E-state index is 13.0. The number of para-hydroxylation sites is 1. The van der Waals surface area contributed by atoms with Gasteiger partial charge in [-0.1, -0.05) is 12.1 Å². The number of carbonyl (C=O) groups excluding carboxylic acids is 1. The van der Waals surface area contributed by atoms with Crippen molar-refractivity contribution in [2.45, 2.75) is 31.7 Å². The zero-order valence-electron chi connectivity index (χ0n) is 18.4. The molecular formula is C25H28N4O3. The number of nitrogens with zero attached hydrogens (tertiary/aromatic N) is 4. The summed E-state index contributed by atoms with van der Waals surface area (Å²) in [6.07, 6.45) is 2.89. The molecule has 2 aliphatic rings. The van der Waals surface area contributed by atoms with Crippen molar-refractivity contribution in [1.82, 2.24) is 14.5 Å². The number of aryl methyl sites for hydroxylation is 1. The zero-order chi connectivity index (χ0) is 22.1. The van der Waals surface area contributed by atoms with E-state index in [1.54, 1.807) is 7.11 Å². The second kappa shape index (κ2) is 8.65. The van der Waals surface area contributed by atoms with Crippen LogP contribution >= 0.6 is 0 Å². The Morgan fingerprint density at radius 3 is 2.44 bits per heavy atom. The number of hydrogen-bond donors (Lipinski definition) is 0. The second-order valence-electron chi connectivity index (χ2n) is 8.52. The van der Waals surface area contributed by atoms with E-state index < -0.39 is 0 Å². The van der Waals surface area contributed by atoms with Gasteiger partial charge in [-0.15, -0.1) is 0 Å². The first kappa shape index (κ1) is 20.5. The first-order valence-corrected chi connectivity index (χ1v) is 11.3. The molecule has 7 heteroatoms. The molecule has 32 heavy (non-hydrogen) atoms. The highest BCUT2D eigenvalue weighted by Crippen LogP contribution is 2.35. The Balaban J connectivity index is 1.23. The van der Waals surface area contributed by atoms with Gasteiger partial charge in [0.15, 0.2) is 0 Å². The number of benzene rings is 2. The van der Waals surface area contributed by atoms with Crippen LogP contribution in [0.25, 0.3) is 10.9 Å². The maximum Gasteiger partial charge on any atom is 0.261 e. The average molecular weight is 433 g/mol. The Morgan fingerprint density at radius 2 is 1.75 bits per heavy atom. The van der Waals surface area contributed by atoms with Crippen molar-refractivity contribution in [1.29, 1.82) is 0 Å². The third-order valence-electron chi connectivity index (χ3n) is 6.43. The molecule has 1 aliphatic carbocycles. The number of carbonyl (C=O) groups is 1. The van der Waals surface area contributed by atoms with Crippen LogP contribution in [0.5, 0.6) is 5.75 Å². The van der Waals surface area contributed by atoms with Crippen molar-refractivity contribution >= 4 is 22.5 Å². The highest BCUT2D eigenvalue weighted by atomic mass is 16.5. The van der Waals surface area contributed by atoms with E-state index in [-0.39, 0.29) is 17.5 Å². The summed E-state index contributed by atoms with van der Waals surface area (Å²) in [5.41, 5.74) is 1.88. The van der Waals surface area contributed by atoms with Crippen molar-refractivity contribution in [3.63, 3.8) is 0 Å². The molecule has 2 heterocycles. The second-order valence-corrected chi connectivity index (χ2v) is 8.52. The summed E-state index contributed by atoms with van der Waals surface area (Å²) in [7, 11) is 1.66. The fourth-order valence-electron chi connectivity index (χ4n) is 4.46.